The Kier molecular flexibility index (Phi) is 8.04. The summed E-state index contributed by atoms with van der Waals surface area (Å²) in [5, 5.41) is 2.35. The van der Waals surface area contributed by atoms with Crippen LogP contribution in [0, 0.1) is 0 Å². The van der Waals surface area contributed by atoms with Crippen molar-refractivity contribution in [2.45, 2.75) is 0 Å². The van der Waals surface area contributed by atoms with E-state index in [1.807, 2.05) is 78.9 Å². The van der Waals surface area contributed by atoms with Crippen LogP contribution in [0.4, 0.5) is 0 Å². The highest BCUT2D eigenvalue weighted by Gasteiger charge is 2.17. The van der Waals surface area contributed by atoms with Crippen LogP contribution in [0.15, 0.2) is 193 Å². The molecule has 6 nitrogen and oxygen atoms in total. The summed E-state index contributed by atoms with van der Waals surface area (Å²) < 4.78 is 6.15. The lowest BCUT2D eigenvalue weighted by atomic mass is 9.88. The van der Waals surface area contributed by atoms with Gasteiger partial charge in [-0.3, -0.25) is 4.98 Å². The monoisotopic (exact) mass is 705 g/mol. The van der Waals surface area contributed by atoms with Gasteiger partial charge in [0.15, 0.2) is 23.1 Å². The summed E-state index contributed by atoms with van der Waals surface area (Å²) in [5.41, 5.74) is 11.8. The van der Waals surface area contributed by atoms with Crippen LogP contribution in [0.1, 0.15) is 0 Å². The summed E-state index contributed by atoms with van der Waals surface area (Å²) in [5.74, 6) is 2.46. The molecule has 0 saturated carbocycles. The van der Waals surface area contributed by atoms with Crippen LogP contribution < -0.4 is 0 Å². The molecule has 258 valence electrons. The second kappa shape index (κ2) is 13.8. The fourth-order valence-electron chi connectivity index (χ4n) is 7.13. The SMILES string of the molecule is c1ccc(-c2nc(-c3ccccc3)nc(-c3cccc(-c4c(-c5ccc(-c6ccc7nc(-c8cccnc8)oc7c6)cc5)ccc5ccccc45)c3)n2)cc1. The number of fused-ring (bicyclic) bond motifs is 2. The molecular weight excluding hydrogens is 675 g/mol. The van der Waals surface area contributed by atoms with Crippen LogP contribution in [0.3, 0.4) is 0 Å². The van der Waals surface area contributed by atoms with Crippen LogP contribution in [-0.4, -0.2) is 24.9 Å². The molecule has 0 radical (unpaired) electrons. The van der Waals surface area contributed by atoms with Crippen LogP contribution in [-0.2, 0) is 0 Å². The Hall–Kier alpha value is -7.57. The molecule has 0 saturated heterocycles. The first-order valence-corrected chi connectivity index (χ1v) is 18.1. The summed E-state index contributed by atoms with van der Waals surface area (Å²) >= 11 is 0. The molecule has 55 heavy (non-hydrogen) atoms. The third-order valence-electron chi connectivity index (χ3n) is 9.86. The van der Waals surface area contributed by atoms with Crippen molar-refractivity contribution in [1.29, 1.82) is 0 Å². The van der Waals surface area contributed by atoms with E-state index in [2.05, 4.69) is 107 Å². The van der Waals surface area contributed by atoms with E-state index in [-0.39, 0.29) is 0 Å². The van der Waals surface area contributed by atoms with Gasteiger partial charge in [-0.05, 0) is 74.5 Å². The van der Waals surface area contributed by atoms with Crippen molar-refractivity contribution in [3.8, 4) is 79.0 Å². The van der Waals surface area contributed by atoms with Gasteiger partial charge in [-0.15, -0.1) is 0 Å². The molecule has 10 aromatic rings. The minimum Gasteiger partial charge on any atom is -0.436 e. The molecule has 0 N–H and O–H groups in total. The Morgan fingerprint density at radius 3 is 1.73 bits per heavy atom. The smallest absolute Gasteiger partial charge is 0.228 e. The summed E-state index contributed by atoms with van der Waals surface area (Å²) in [6, 6.07) is 60.4. The fourth-order valence-corrected chi connectivity index (χ4v) is 7.13. The van der Waals surface area contributed by atoms with Crippen LogP contribution in [0.25, 0.3) is 101 Å². The zero-order chi connectivity index (χ0) is 36.6. The van der Waals surface area contributed by atoms with E-state index < -0.39 is 0 Å². The molecular formula is C49H31N5O. The Balaban J connectivity index is 1.05. The molecule has 0 aliphatic heterocycles. The number of benzene rings is 7. The van der Waals surface area contributed by atoms with E-state index in [0.717, 1.165) is 66.7 Å². The number of hydrogen-bond acceptors (Lipinski definition) is 6. The summed E-state index contributed by atoms with van der Waals surface area (Å²) in [4.78, 5) is 23.8. The van der Waals surface area contributed by atoms with Gasteiger partial charge in [-0.1, -0.05) is 146 Å². The molecule has 0 unspecified atom stereocenters. The first-order valence-electron chi connectivity index (χ1n) is 18.1. The molecule has 0 spiro atoms. The maximum Gasteiger partial charge on any atom is 0.228 e. The van der Waals surface area contributed by atoms with Crippen molar-refractivity contribution in [3.63, 3.8) is 0 Å². The lowest BCUT2D eigenvalue weighted by Gasteiger charge is -2.16. The molecule has 10 rings (SSSR count). The van der Waals surface area contributed by atoms with Gasteiger partial charge in [0.2, 0.25) is 5.89 Å². The second-order valence-electron chi connectivity index (χ2n) is 13.3. The average Bonchev–Trinajstić information content (AvgIpc) is 3.71. The van der Waals surface area contributed by atoms with E-state index in [0.29, 0.717) is 23.4 Å². The zero-order valence-electron chi connectivity index (χ0n) is 29.5. The standard InChI is InChI=1S/C49H31N5O/c1-3-12-35(13-4-1)46-52-47(36-14-5-2-6-15-36)54-48(53-46)39-17-9-16-38(29-39)45-41-19-8-7-11-33(41)24-26-42(45)34-22-20-32(21-23-34)37-25-27-43-44(30-37)55-49(51-43)40-18-10-28-50-31-40/h1-31H. The van der Waals surface area contributed by atoms with Gasteiger partial charge in [0.1, 0.15) is 5.52 Å². The summed E-state index contributed by atoms with van der Waals surface area (Å²) in [6.45, 7) is 0. The zero-order valence-corrected chi connectivity index (χ0v) is 29.5. The molecule has 6 heteroatoms. The van der Waals surface area contributed by atoms with Crippen molar-refractivity contribution in [1.82, 2.24) is 24.9 Å². The second-order valence-corrected chi connectivity index (χ2v) is 13.3. The van der Waals surface area contributed by atoms with Gasteiger partial charge in [0.05, 0.1) is 5.56 Å². The van der Waals surface area contributed by atoms with E-state index in [4.69, 9.17) is 19.4 Å². The van der Waals surface area contributed by atoms with Gasteiger partial charge in [0, 0.05) is 29.1 Å². The van der Waals surface area contributed by atoms with Gasteiger partial charge in [-0.2, -0.15) is 0 Å². The maximum absolute atomic E-state index is 6.15. The number of hydrogen-bond donors (Lipinski definition) is 0. The van der Waals surface area contributed by atoms with E-state index in [9.17, 15) is 0 Å². The molecule has 0 aliphatic rings. The Morgan fingerprint density at radius 2 is 1.00 bits per heavy atom. The van der Waals surface area contributed by atoms with Crippen LogP contribution in [0.5, 0.6) is 0 Å². The van der Waals surface area contributed by atoms with E-state index >= 15 is 0 Å². The first kappa shape index (κ1) is 32.1. The number of pyridine rings is 1. The molecule has 0 atom stereocenters. The third kappa shape index (κ3) is 6.22. The molecule has 0 amide bonds. The van der Waals surface area contributed by atoms with E-state index in [1.165, 1.54) is 10.8 Å². The maximum atomic E-state index is 6.15. The van der Waals surface area contributed by atoms with Gasteiger partial charge >= 0.3 is 0 Å². The van der Waals surface area contributed by atoms with Crippen molar-refractivity contribution in [2.24, 2.45) is 0 Å². The molecule has 3 heterocycles. The summed E-state index contributed by atoms with van der Waals surface area (Å²) in [6.07, 6.45) is 3.50. The van der Waals surface area contributed by atoms with E-state index in [1.54, 1.807) is 12.4 Å². The number of aromatic nitrogens is 5. The molecule has 0 aliphatic carbocycles. The number of rotatable bonds is 7. The average molecular weight is 706 g/mol. The van der Waals surface area contributed by atoms with Gasteiger partial charge in [0.25, 0.3) is 0 Å². The lowest BCUT2D eigenvalue weighted by Crippen LogP contribution is -2.00. The molecule has 3 aromatic heterocycles. The Morgan fingerprint density at radius 1 is 0.382 bits per heavy atom. The largest absolute Gasteiger partial charge is 0.436 e. The topological polar surface area (TPSA) is 77.6 Å². The Bertz CT molecular complexity index is 2900. The van der Waals surface area contributed by atoms with Crippen molar-refractivity contribution in [2.75, 3.05) is 0 Å². The quantitative estimate of drug-likeness (QED) is 0.164. The van der Waals surface area contributed by atoms with Gasteiger partial charge < -0.3 is 4.42 Å². The summed E-state index contributed by atoms with van der Waals surface area (Å²) in [7, 11) is 0. The Labute approximate surface area is 317 Å². The van der Waals surface area contributed by atoms with Crippen molar-refractivity contribution >= 4 is 21.9 Å². The molecule has 7 aromatic carbocycles. The highest BCUT2D eigenvalue weighted by atomic mass is 16.3. The number of nitrogens with zero attached hydrogens (tertiary/aromatic N) is 5. The van der Waals surface area contributed by atoms with Gasteiger partial charge in [-0.25, -0.2) is 19.9 Å². The lowest BCUT2D eigenvalue weighted by molar-refractivity contribution is 0.619. The first-order chi connectivity index (χ1) is 27.2. The predicted octanol–water partition coefficient (Wildman–Crippen LogP) is 12.2. The highest BCUT2D eigenvalue weighted by molar-refractivity contribution is 6.04. The normalized spacial score (nSPS) is 11.3. The molecule has 0 bridgehead atoms. The minimum absolute atomic E-state index is 0.562. The third-order valence-corrected chi connectivity index (χ3v) is 9.86. The van der Waals surface area contributed by atoms with Crippen molar-refractivity contribution < 1.29 is 4.42 Å². The minimum atomic E-state index is 0.562. The van der Waals surface area contributed by atoms with Crippen molar-refractivity contribution in [3.05, 3.63) is 188 Å². The highest BCUT2D eigenvalue weighted by Crippen LogP contribution is 2.40. The van der Waals surface area contributed by atoms with Crippen LogP contribution in [0.2, 0.25) is 0 Å². The number of oxazole rings is 1. The predicted molar refractivity (Wildman–Crippen MR) is 221 cm³/mol. The van der Waals surface area contributed by atoms with Crippen LogP contribution >= 0.6 is 0 Å². The fraction of sp³-hybridized carbons (Fsp3) is 0. The molecule has 0 fully saturated rings.